The Hall–Kier alpha value is -4.58. The van der Waals surface area contributed by atoms with Gasteiger partial charge in [0.05, 0.1) is 20.6 Å². The van der Waals surface area contributed by atoms with Crippen molar-refractivity contribution in [3.8, 4) is 11.5 Å². The molecule has 40 heavy (non-hydrogen) atoms. The molecule has 6 heteroatoms. The Balaban J connectivity index is 1.56. The monoisotopic (exact) mass is 536 g/mol. The van der Waals surface area contributed by atoms with Crippen molar-refractivity contribution < 1.29 is 19.1 Å². The van der Waals surface area contributed by atoms with Gasteiger partial charge in [-0.2, -0.15) is 0 Å². The van der Waals surface area contributed by atoms with Gasteiger partial charge in [0.1, 0.15) is 6.04 Å². The second kappa shape index (κ2) is 14.5. The normalized spacial score (nSPS) is 11.3. The Morgan fingerprint density at radius 3 is 1.88 bits per heavy atom. The molecule has 206 valence electrons. The van der Waals surface area contributed by atoms with Crippen LogP contribution in [-0.4, -0.2) is 43.5 Å². The molecule has 0 aliphatic rings. The van der Waals surface area contributed by atoms with Crippen LogP contribution in [0.2, 0.25) is 0 Å². The standard InChI is InChI=1S/C34H36N2O4/c1-39-31-19-18-28(23-32(31)40-2)20-21-35-34(38)30(22-26-12-6-3-7-13-26)36(25-29-16-10-5-11-17-29)33(37)24-27-14-8-4-9-15-27/h3-19,23,30H,20-22,24-25H2,1-2H3,(H,35,38)/t30-/m1/s1. The minimum Gasteiger partial charge on any atom is -0.493 e. The molecule has 4 aromatic carbocycles. The van der Waals surface area contributed by atoms with Crippen molar-refractivity contribution in [2.45, 2.75) is 31.8 Å². The Bertz CT molecular complexity index is 1360. The van der Waals surface area contributed by atoms with Crippen molar-refractivity contribution in [1.82, 2.24) is 10.2 Å². The van der Waals surface area contributed by atoms with E-state index in [0.717, 1.165) is 22.3 Å². The summed E-state index contributed by atoms with van der Waals surface area (Å²) in [6.45, 7) is 0.763. The third kappa shape index (κ3) is 7.96. The molecule has 1 N–H and O–H groups in total. The number of hydrogen-bond acceptors (Lipinski definition) is 4. The highest BCUT2D eigenvalue weighted by molar-refractivity contribution is 5.88. The fraction of sp³-hybridized carbons (Fsp3) is 0.235. The first-order chi connectivity index (χ1) is 19.6. The molecule has 0 heterocycles. The molecule has 2 amide bonds. The van der Waals surface area contributed by atoms with Gasteiger partial charge in [0.25, 0.3) is 0 Å². The van der Waals surface area contributed by atoms with Crippen LogP contribution in [0.5, 0.6) is 11.5 Å². The van der Waals surface area contributed by atoms with E-state index >= 15 is 0 Å². The fourth-order valence-electron chi connectivity index (χ4n) is 4.69. The Morgan fingerprint density at radius 2 is 1.27 bits per heavy atom. The van der Waals surface area contributed by atoms with Crippen LogP contribution < -0.4 is 14.8 Å². The van der Waals surface area contributed by atoms with Crippen LogP contribution in [0.4, 0.5) is 0 Å². The number of rotatable bonds is 13. The molecular formula is C34H36N2O4. The zero-order valence-corrected chi connectivity index (χ0v) is 23.1. The highest BCUT2D eigenvalue weighted by Crippen LogP contribution is 2.27. The van der Waals surface area contributed by atoms with Crippen LogP contribution in [0.25, 0.3) is 0 Å². The number of carbonyl (C=O) groups excluding carboxylic acids is 2. The first kappa shape index (κ1) is 28.4. The predicted molar refractivity (Wildman–Crippen MR) is 157 cm³/mol. The summed E-state index contributed by atoms with van der Waals surface area (Å²) in [6, 6.07) is 34.4. The molecule has 0 saturated carbocycles. The lowest BCUT2D eigenvalue weighted by Crippen LogP contribution is -2.51. The molecular weight excluding hydrogens is 500 g/mol. The minimum atomic E-state index is -0.677. The Labute approximate surface area is 236 Å². The van der Waals surface area contributed by atoms with Crippen molar-refractivity contribution in [2.24, 2.45) is 0 Å². The van der Waals surface area contributed by atoms with Gasteiger partial charge in [-0.1, -0.05) is 97.1 Å². The minimum absolute atomic E-state index is 0.0916. The summed E-state index contributed by atoms with van der Waals surface area (Å²) in [6.07, 6.45) is 1.25. The number of nitrogens with one attached hydrogen (secondary N) is 1. The second-order valence-corrected chi connectivity index (χ2v) is 9.61. The molecule has 0 fully saturated rings. The summed E-state index contributed by atoms with van der Waals surface area (Å²) in [5.74, 6) is 1.04. The van der Waals surface area contributed by atoms with E-state index in [1.165, 1.54) is 0 Å². The van der Waals surface area contributed by atoms with Gasteiger partial charge in [-0.15, -0.1) is 0 Å². The number of methoxy groups -OCH3 is 2. The average molecular weight is 537 g/mol. The van der Waals surface area contributed by atoms with Crippen molar-refractivity contribution in [3.63, 3.8) is 0 Å². The SMILES string of the molecule is COc1ccc(CCNC(=O)[C@@H](Cc2ccccc2)N(Cc2ccccc2)C(=O)Cc2ccccc2)cc1OC. The summed E-state index contributed by atoms with van der Waals surface area (Å²) >= 11 is 0. The Kier molecular flexibility index (Phi) is 10.3. The van der Waals surface area contributed by atoms with E-state index < -0.39 is 6.04 Å². The van der Waals surface area contributed by atoms with Gasteiger partial charge in [0.15, 0.2) is 11.5 Å². The van der Waals surface area contributed by atoms with E-state index in [1.54, 1.807) is 19.1 Å². The predicted octanol–water partition coefficient (Wildman–Crippen LogP) is 5.25. The molecule has 0 aliphatic carbocycles. The summed E-state index contributed by atoms with van der Waals surface area (Å²) < 4.78 is 10.7. The molecule has 1 atom stereocenters. The summed E-state index contributed by atoms with van der Waals surface area (Å²) in [4.78, 5) is 29.3. The van der Waals surface area contributed by atoms with E-state index in [4.69, 9.17) is 9.47 Å². The van der Waals surface area contributed by atoms with Crippen molar-refractivity contribution in [2.75, 3.05) is 20.8 Å². The molecule has 4 rings (SSSR count). The van der Waals surface area contributed by atoms with Crippen molar-refractivity contribution >= 4 is 11.8 Å². The van der Waals surface area contributed by atoms with E-state index in [0.29, 0.717) is 37.4 Å². The van der Waals surface area contributed by atoms with Gasteiger partial charge in [0, 0.05) is 19.5 Å². The van der Waals surface area contributed by atoms with Crippen LogP contribution >= 0.6 is 0 Å². The van der Waals surface area contributed by atoms with E-state index in [9.17, 15) is 9.59 Å². The van der Waals surface area contributed by atoms with Gasteiger partial charge in [-0.05, 0) is 40.8 Å². The maximum absolute atomic E-state index is 13.8. The number of benzene rings is 4. The summed E-state index contributed by atoms with van der Waals surface area (Å²) in [7, 11) is 3.20. The van der Waals surface area contributed by atoms with Gasteiger partial charge < -0.3 is 19.7 Å². The van der Waals surface area contributed by atoms with Gasteiger partial charge in [0.2, 0.25) is 11.8 Å². The number of amides is 2. The van der Waals surface area contributed by atoms with E-state index in [2.05, 4.69) is 5.32 Å². The lowest BCUT2D eigenvalue weighted by molar-refractivity contribution is -0.140. The summed E-state index contributed by atoms with van der Waals surface area (Å²) in [5, 5.41) is 3.10. The van der Waals surface area contributed by atoms with Crippen LogP contribution in [0.3, 0.4) is 0 Å². The smallest absolute Gasteiger partial charge is 0.243 e. The number of ether oxygens (including phenoxy) is 2. The molecule has 0 aromatic heterocycles. The molecule has 0 saturated heterocycles. The van der Waals surface area contributed by atoms with Gasteiger partial charge >= 0.3 is 0 Å². The number of hydrogen-bond donors (Lipinski definition) is 1. The Morgan fingerprint density at radius 1 is 0.700 bits per heavy atom. The van der Waals surface area contributed by atoms with Gasteiger partial charge in [-0.3, -0.25) is 9.59 Å². The molecule has 0 spiro atoms. The number of nitrogens with zero attached hydrogens (tertiary/aromatic N) is 1. The first-order valence-electron chi connectivity index (χ1n) is 13.5. The van der Waals surface area contributed by atoms with E-state index in [1.807, 2.05) is 109 Å². The zero-order chi connectivity index (χ0) is 28.2. The quantitative estimate of drug-likeness (QED) is 0.254. The summed E-state index contributed by atoms with van der Waals surface area (Å²) in [5.41, 5.74) is 3.89. The van der Waals surface area contributed by atoms with Crippen LogP contribution in [0.15, 0.2) is 109 Å². The fourth-order valence-corrected chi connectivity index (χ4v) is 4.69. The van der Waals surface area contributed by atoms with Crippen molar-refractivity contribution in [3.05, 3.63) is 131 Å². The molecule has 0 unspecified atom stereocenters. The molecule has 0 radical (unpaired) electrons. The van der Waals surface area contributed by atoms with E-state index in [-0.39, 0.29) is 18.2 Å². The first-order valence-corrected chi connectivity index (χ1v) is 13.5. The highest BCUT2D eigenvalue weighted by Gasteiger charge is 2.30. The van der Waals surface area contributed by atoms with Crippen molar-refractivity contribution in [1.29, 1.82) is 0 Å². The average Bonchev–Trinajstić information content (AvgIpc) is 3.00. The molecule has 6 nitrogen and oxygen atoms in total. The second-order valence-electron chi connectivity index (χ2n) is 9.61. The highest BCUT2D eigenvalue weighted by atomic mass is 16.5. The lowest BCUT2D eigenvalue weighted by Gasteiger charge is -2.31. The largest absolute Gasteiger partial charge is 0.493 e. The molecule has 0 aliphatic heterocycles. The third-order valence-corrected chi connectivity index (χ3v) is 6.83. The van der Waals surface area contributed by atoms with Crippen LogP contribution in [-0.2, 0) is 35.4 Å². The maximum atomic E-state index is 13.8. The molecule has 0 bridgehead atoms. The topological polar surface area (TPSA) is 67.9 Å². The maximum Gasteiger partial charge on any atom is 0.243 e. The zero-order valence-electron chi connectivity index (χ0n) is 23.1. The van der Waals surface area contributed by atoms with Gasteiger partial charge in [-0.25, -0.2) is 0 Å². The number of carbonyl (C=O) groups is 2. The molecule has 4 aromatic rings. The van der Waals surface area contributed by atoms with Crippen LogP contribution in [0, 0.1) is 0 Å². The third-order valence-electron chi connectivity index (χ3n) is 6.83. The van der Waals surface area contributed by atoms with Crippen LogP contribution in [0.1, 0.15) is 22.3 Å². The lowest BCUT2D eigenvalue weighted by atomic mass is 10.0.